The third-order valence-corrected chi connectivity index (χ3v) is 6.24. The monoisotopic (exact) mass is 235 g/mol. The van der Waals surface area contributed by atoms with E-state index >= 15 is 0 Å². The lowest BCUT2D eigenvalue weighted by molar-refractivity contribution is 0.360. The summed E-state index contributed by atoms with van der Waals surface area (Å²) >= 11 is 1.92. The normalized spacial score (nSPS) is 35.6. The molecule has 0 bridgehead atoms. The highest BCUT2D eigenvalue weighted by Crippen LogP contribution is 2.38. The molecule has 1 atom stereocenters. The fraction of sp³-hybridized carbons (Fsp3) is 1.00. The van der Waals surface area contributed by atoms with Gasteiger partial charge in [0.1, 0.15) is 0 Å². The molecular weight excluding hydrogens is 218 g/mol. The second kappa shape index (κ2) is 3.68. The van der Waals surface area contributed by atoms with Crippen LogP contribution in [-0.4, -0.2) is 36.6 Å². The first-order valence-corrected chi connectivity index (χ1v) is 7.94. The Morgan fingerprint density at radius 1 is 1.36 bits per heavy atom. The summed E-state index contributed by atoms with van der Waals surface area (Å²) in [7, 11) is -2.73. The summed E-state index contributed by atoms with van der Waals surface area (Å²) < 4.78 is 22.6. The van der Waals surface area contributed by atoms with Gasteiger partial charge in [0.15, 0.2) is 9.84 Å². The topological polar surface area (TPSA) is 46.2 Å². The Morgan fingerprint density at radius 2 is 2.00 bits per heavy atom. The fourth-order valence-electron chi connectivity index (χ4n) is 2.15. The molecule has 2 aliphatic heterocycles. The van der Waals surface area contributed by atoms with Gasteiger partial charge >= 0.3 is 0 Å². The molecule has 2 rings (SSSR count). The molecule has 82 valence electrons. The lowest BCUT2D eigenvalue weighted by Crippen LogP contribution is -2.54. The van der Waals surface area contributed by atoms with Crippen molar-refractivity contribution in [3.05, 3.63) is 0 Å². The first kappa shape index (κ1) is 10.8. The van der Waals surface area contributed by atoms with E-state index in [0.29, 0.717) is 17.5 Å². The molecule has 2 heterocycles. The van der Waals surface area contributed by atoms with Crippen molar-refractivity contribution in [2.75, 3.05) is 17.3 Å². The summed E-state index contributed by atoms with van der Waals surface area (Å²) in [6.45, 7) is 2.19. The van der Waals surface area contributed by atoms with Gasteiger partial charge in [-0.05, 0) is 31.9 Å². The molecule has 0 saturated carbocycles. The molecule has 0 aromatic rings. The molecule has 5 heteroatoms. The van der Waals surface area contributed by atoms with E-state index in [0.717, 1.165) is 18.6 Å². The molecule has 2 aliphatic rings. The lowest BCUT2D eigenvalue weighted by atomic mass is 10.1. The van der Waals surface area contributed by atoms with E-state index in [-0.39, 0.29) is 4.87 Å². The van der Waals surface area contributed by atoms with Gasteiger partial charge in [-0.2, -0.15) is 0 Å². The zero-order valence-electron chi connectivity index (χ0n) is 8.45. The van der Waals surface area contributed by atoms with Crippen LogP contribution in [0, 0.1) is 0 Å². The third-order valence-electron chi connectivity index (χ3n) is 3.07. The van der Waals surface area contributed by atoms with Gasteiger partial charge in [0.2, 0.25) is 0 Å². The molecule has 0 aromatic heterocycles. The summed E-state index contributed by atoms with van der Waals surface area (Å²) in [5, 5.41) is 3.57. The average Bonchev–Trinajstić information content (AvgIpc) is 2.12. The Kier molecular flexibility index (Phi) is 2.83. The lowest BCUT2D eigenvalue weighted by Gasteiger charge is -2.43. The minimum Gasteiger partial charge on any atom is -0.300 e. The second-order valence-electron chi connectivity index (χ2n) is 4.33. The predicted molar refractivity (Wildman–Crippen MR) is 60.3 cm³/mol. The smallest absolute Gasteiger partial charge is 0.150 e. The van der Waals surface area contributed by atoms with Gasteiger partial charge in [0, 0.05) is 6.04 Å². The van der Waals surface area contributed by atoms with Crippen molar-refractivity contribution in [3.8, 4) is 0 Å². The van der Waals surface area contributed by atoms with E-state index < -0.39 is 9.84 Å². The van der Waals surface area contributed by atoms with Crippen LogP contribution in [0.5, 0.6) is 0 Å². The maximum absolute atomic E-state index is 11.3. The molecule has 0 radical (unpaired) electrons. The molecule has 3 nitrogen and oxygen atoms in total. The molecule has 0 amide bonds. The van der Waals surface area contributed by atoms with Crippen LogP contribution >= 0.6 is 11.8 Å². The largest absolute Gasteiger partial charge is 0.300 e. The SMILES string of the molecule is CC1CCSC2(CCS(=O)(=O)CC2)N1. The minimum atomic E-state index is -2.73. The van der Waals surface area contributed by atoms with Gasteiger partial charge in [0.25, 0.3) is 0 Å². The number of rotatable bonds is 0. The molecule has 2 fully saturated rings. The van der Waals surface area contributed by atoms with Crippen molar-refractivity contribution in [3.63, 3.8) is 0 Å². The summed E-state index contributed by atoms with van der Waals surface area (Å²) in [5.74, 6) is 1.88. The number of thioether (sulfide) groups is 1. The maximum atomic E-state index is 11.3. The number of hydrogen-bond donors (Lipinski definition) is 1. The summed E-state index contributed by atoms with van der Waals surface area (Å²) in [4.78, 5) is 0.0724. The second-order valence-corrected chi connectivity index (χ2v) is 8.11. The first-order chi connectivity index (χ1) is 6.52. The van der Waals surface area contributed by atoms with Crippen molar-refractivity contribution < 1.29 is 8.42 Å². The highest BCUT2D eigenvalue weighted by molar-refractivity contribution is 8.00. The van der Waals surface area contributed by atoms with Gasteiger partial charge in [-0.3, -0.25) is 0 Å². The summed E-state index contributed by atoms with van der Waals surface area (Å²) in [6.07, 6.45) is 2.76. The van der Waals surface area contributed by atoms with Gasteiger partial charge in [0.05, 0.1) is 16.4 Å². The van der Waals surface area contributed by atoms with E-state index in [1.54, 1.807) is 0 Å². The molecule has 2 saturated heterocycles. The van der Waals surface area contributed by atoms with Crippen molar-refractivity contribution in [1.82, 2.24) is 5.32 Å². The van der Waals surface area contributed by atoms with Crippen LogP contribution in [0.25, 0.3) is 0 Å². The van der Waals surface area contributed by atoms with Crippen LogP contribution in [0.15, 0.2) is 0 Å². The highest BCUT2D eigenvalue weighted by atomic mass is 32.2. The molecule has 0 aromatic carbocycles. The summed E-state index contributed by atoms with van der Waals surface area (Å²) in [6, 6.07) is 0.539. The predicted octanol–water partition coefficient (Wildman–Crippen LogP) is 1.01. The molecule has 1 N–H and O–H groups in total. The maximum Gasteiger partial charge on any atom is 0.150 e. The van der Waals surface area contributed by atoms with Gasteiger partial charge in [-0.25, -0.2) is 8.42 Å². The number of hydrogen-bond acceptors (Lipinski definition) is 4. The Hall–Kier alpha value is 0.260. The molecule has 14 heavy (non-hydrogen) atoms. The van der Waals surface area contributed by atoms with Crippen LogP contribution in [-0.2, 0) is 9.84 Å². The van der Waals surface area contributed by atoms with Gasteiger partial charge in [-0.15, -0.1) is 11.8 Å². The molecule has 1 spiro atoms. The minimum absolute atomic E-state index is 0.0724. The Bertz CT molecular complexity index is 299. The quantitative estimate of drug-likeness (QED) is 0.680. The average molecular weight is 235 g/mol. The standard InChI is InChI=1S/C9H17NO2S2/c1-8-2-5-13-9(10-8)3-6-14(11,12)7-4-9/h8,10H,2-7H2,1H3. The van der Waals surface area contributed by atoms with E-state index in [9.17, 15) is 8.42 Å². The molecule has 1 unspecified atom stereocenters. The number of sulfone groups is 1. The van der Waals surface area contributed by atoms with E-state index in [4.69, 9.17) is 0 Å². The van der Waals surface area contributed by atoms with E-state index in [1.165, 1.54) is 6.42 Å². The van der Waals surface area contributed by atoms with Crippen molar-refractivity contribution in [2.45, 2.75) is 37.1 Å². The van der Waals surface area contributed by atoms with Crippen LogP contribution in [0.4, 0.5) is 0 Å². The third kappa shape index (κ3) is 2.25. The van der Waals surface area contributed by atoms with E-state index in [1.807, 2.05) is 11.8 Å². The zero-order valence-corrected chi connectivity index (χ0v) is 10.1. The molecule has 0 aliphatic carbocycles. The van der Waals surface area contributed by atoms with E-state index in [2.05, 4.69) is 12.2 Å². The van der Waals surface area contributed by atoms with Crippen molar-refractivity contribution in [2.24, 2.45) is 0 Å². The number of nitrogens with one attached hydrogen (secondary N) is 1. The van der Waals surface area contributed by atoms with Crippen LogP contribution in [0.2, 0.25) is 0 Å². The Morgan fingerprint density at radius 3 is 2.57 bits per heavy atom. The van der Waals surface area contributed by atoms with Crippen molar-refractivity contribution in [1.29, 1.82) is 0 Å². The molecular formula is C9H17NO2S2. The van der Waals surface area contributed by atoms with Crippen molar-refractivity contribution >= 4 is 21.6 Å². The Labute approximate surface area is 89.9 Å². The van der Waals surface area contributed by atoms with Gasteiger partial charge < -0.3 is 5.32 Å². The van der Waals surface area contributed by atoms with Crippen LogP contribution in [0.3, 0.4) is 0 Å². The fourth-order valence-corrected chi connectivity index (χ4v) is 5.57. The Balaban J connectivity index is 2.04. The zero-order chi connectivity index (χ0) is 10.2. The highest BCUT2D eigenvalue weighted by Gasteiger charge is 2.40. The van der Waals surface area contributed by atoms with Crippen LogP contribution in [0.1, 0.15) is 26.2 Å². The summed E-state index contributed by atoms with van der Waals surface area (Å²) in [5.41, 5.74) is 0. The van der Waals surface area contributed by atoms with Crippen LogP contribution < -0.4 is 5.32 Å². The first-order valence-electron chi connectivity index (χ1n) is 5.13. The van der Waals surface area contributed by atoms with Gasteiger partial charge in [-0.1, -0.05) is 0 Å².